The smallest absolute Gasteiger partial charge is 0.243 e. The van der Waals surface area contributed by atoms with Gasteiger partial charge in [-0.2, -0.15) is 10.1 Å². The van der Waals surface area contributed by atoms with Gasteiger partial charge in [-0.1, -0.05) is 18.5 Å². The normalized spacial score (nSPS) is 17.9. The minimum atomic E-state index is 0.181. The van der Waals surface area contributed by atoms with Gasteiger partial charge in [-0.15, -0.1) is 0 Å². The lowest BCUT2D eigenvalue weighted by Crippen LogP contribution is -2.48. The second kappa shape index (κ2) is 5.97. The topological polar surface area (TPSA) is 60.0 Å². The summed E-state index contributed by atoms with van der Waals surface area (Å²) in [5.41, 5.74) is 1.21. The molecule has 0 unspecified atom stereocenters. The standard InChI is InChI=1S/C15H23N5O/c1-4-5-6-14-17-15(21-18-14)12(3)19-9-13(10-19)20-8-11(2)7-16-20/h7-8,12-13H,4-6,9-10H2,1-3H3/t12-/m0/s1. The molecule has 114 valence electrons. The fourth-order valence-corrected chi connectivity index (χ4v) is 2.63. The Balaban J connectivity index is 1.55. The van der Waals surface area contributed by atoms with Crippen LogP contribution >= 0.6 is 0 Å². The van der Waals surface area contributed by atoms with Crippen LogP contribution in [0.3, 0.4) is 0 Å². The third-order valence-electron chi connectivity index (χ3n) is 4.14. The van der Waals surface area contributed by atoms with Crippen LogP contribution in [0, 0.1) is 6.92 Å². The fraction of sp³-hybridized carbons (Fsp3) is 0.667. The van der Waals surface area contributed by atoms with Crippen molar-refractivity contribution in [2.75, 3.05) is 13.1 Å². The first-order chi connectivity index (χ1) is 10.2. The molecule has 6 heteroatoms. The number of nitrogens with zero attached hydrogens (tertiary/aromatic N) is 5. The second-order valence-electron chi connectivity index (χ2n) is 5.93. The average Bonchev–Trinajstić information content (AvgIpc) is 3.04. The van der Waals surface area contributed by atoms with Crippen molar-refractivity contribution in [2.24, 2.45) is 0 Å². The molecule has 1 fully saturated rings. The summed E-state index contributed by atoms with van der Waals surface area (Å²) in [6.45, 7) is 8.32. The first-order valence-corrected chi connectivity index (χ1v) is 7.74. The third-order valence-corrected chi connectivity index (χ3v) is 4.14. The number of unbranched alkanes of at least 4 members (excludes halogenated alkanes) is 1. The van der Waals surface area contributed by atoms with Crippen molar-refractivity contribution in [3.63, 3.8) is 0 Å². The maximum Gasteiger partial charge on any atom is 0.243 e. The molecule has 2 aromatic rings. The molecule has 6 nitrogen and oxygen atoms in total. The van der Waals surface area contributed by atoms with Crippen LogP contribution in [-0.4, -0.2) is 37.9 Å². The van der Waals surface area contributed by atoms with Crippen LogP contribution in [0.5, 0.6) is 0 Å². The number of aryl methyl sites for hydroxylation is 2. The maximum absolute atomic E-state index is 5.40. The van der Waals surface area contributed by atoms with Crippen LogP contribution in [0.15, 0.2) is 16.9 Å². The van der Waals surface area contributed by atoms with E-state index in [0.29, 0.717) is 6.04 Å². The van der Waals surface area contributed by atoms with E-state index in [1.54, 1.807) is 0 Å². The van der Waals surface area contributed by atoms with Crippen LogP contribution < -0.4 is 0 Å². The van der Waals surface area contributed by atoms with E-state index in [1.807, 2.05) is 6.20 Å². The Labute approximate surface area is 125 Å². The highest BCUT2D eigenvalue weighted by Gasteiger charge is 2.34. The van der Waals surface area contributed by atoms with E-state index in [0.717, 1.165) is 44.1 Å². The number of hydrogen-bond donors (Lipinski definition) is 0. The molecule has 3 rings (SSSR count). The highest BCUT2D eigenvalue weighted by atomic mass is 16.5. The molecule has 0 aliphatic carbocycles. The van der Waals surface area contributed by atoms with E-state index < -0.39 is 0 Å². The van der Waals surface area contributed by atoms with Crippen LogP contribution in [0.1, 0.15) is 56.1 Å². The lowest BCUT2D eigenvalue weighted by Gasteiger charge is -2.41. The van der Waals surface area contributed by atoms with E-state index in [2.05, 4.69) is 51.8 Å². The van der Waals surface area contributed by atoms with Gasteiger partial charge in [0.25, 0.3) is 0 Å². The molecule has 21 heavy (non-hydrogen) atoms. The Bertz CT molecular complexity index is 584. The molecule has 0 N–H and O–H groups in total. The number of likely N-dealkylation sites (tertiary alicyclic amines) is 1. The third kappa shape index (κ3) is 3.00. The molecule has 0 spiro atoms. The van der Waals surface area contributed by atoms with Crippen LogP contribution in [0.25, 0.3) is 0 Å². The van der Waals surface area contributed by atoms with Crippen molar-refractivity contribution in [1.29, 1.82) is 0 Å². The van der Waals surface area contributed by atoms with Crippen molar-refractivity contribution < 1.29 is 4.52 Å². The van der Waals surface area contributed by atoms with Crippen molar-refractivity contribution in [3.05, 3.63) is 29.7 Å². The Morgan fingerprint density at radius 2 is 2.24 bits per heavy atom. The minimum absolute atomic E-state index is 0.181. The zero-order valence-electron chi connectivity index (χ0n) is 13.0. The van der Waals surface area contributed by atoms with Gasteiger partial charge in [0.05, 0.1) is 18.3 Å². The molecule has 0 aromatic carbocycles. The summed E-state index contributed by atoms with van der Waals surface area (Å²) < 4.78 is 7.45. The molecule has 1 aliphatic rings. The molecule has 2 aromatic heterocycles. The summed E-state index contributed by atoms with van der Waals surface area (Å²) in [5.74, 6) is 1.56. The van der Waals surface area contributed by atoms with E-state index in [1.165, 1.54) is 5.56 Å². The van der Waals surface area contributed by atoms with Crippen molar-refractivity contribution in [2.45, 2.75) is 52.1 Å². The monoisotopic (exact) mass is 289 g/mol. The number of hydrogen-bond acceptors (Lipinski definition) is 5. The van der Waals surface area contributed by atoms with E-state index in [9.17, 15) is 0 Å². The Hall–Kier alpha value is -1.69. The van der Waals surface area contributed by atoms with E-state index in [-0.39, 0.29) is 6.04 Å². The SMILES string of the molecule is CCCCc1noc([C@H](C)N2CC(n3cc(C)cn3)C2)n1. The molecule has 3 heterocycles. The largest absolute Gasteiger partial charge is 0.338 e. The Kier molecular flexibility index (Phi) is 4.05. The summed E-state index contributed by atoms with van der Waals surface area (Å²) in [4.78, 5) is 6.86. The summed E-state index contributed by atoms with van der Waals surface area (Å²) in [5, 5.41) is 8.45. The molecular weight excluding hydrogens is 266 g/mol. The van der Waals surface area contributed by atoms with Crippen molar-refractivity contribution in [1.82, 2.24) is 24.8 Å². The highest BCUT2D eigenvalue weighted by molar-refractivity contribution is 5.03. The lowest BCUT2D eigenvalue weighted by molar-refractivity contribution is 0.0456. The molecular formula is C15H23N5O. The van der Waals surface area contributed by atoms with Crippen molar-refractivity contribution in [3.8, 4) is 0 Å². The second-order valence-corrected chi connectivity index (χ2v) is 5.93. The molecule has 0 radical (unpaired) electrons. The van der Waals surface area contributed by atoms with Crippen LogP contribution in [0.4, 0.5) is 0 Å². The number of rotatable bonds is 6. The summed E-state index contributed by atoms with van der Waals surface area (Å²) in [6, 6.07) is 0.643. The van der Waals surface area contributed by atoms with E-state index >= 15 is 0 Å². The molecule has 1 saturated heterocycles. The molecule has 0 saturated carbocycles. The fourth-order valence-electron chi connectivity index (χ4n) is 2.63. The predicted octanol–water partition coefficient (Wildman–Crippen LogP) is 2.54. The molecule has 1 atom stereocenters. The van der Waals surface area contributed by atoms with Gasteiger partial charge in [0, 0.05) is 25.7 Å². The molecule has 1 aliphatic heterocycles. The zero-order valence-corrected chi connectivity index (χ0v) is 13.0. The maximum atomic E-state index is 5.40. The van der Waals surface area contributed by atoms with Gasteiger partial charge in [0.15, 0.2) is 5.82 Å². The van der Waals surface area contributed by atoms with Gasteiger partial charge in [0.2, 0.25) is 5.89 Å². The van der Waals surface area contributed by atoms with Gasteiger partial charge in [-0.05, 0) is 25.8 Å². The minimum Gasteiger partial charge on any atom is -0.338 e. The quantitative estimate of drug-likeness (QED) is 0.818. The summed E-state index contributed by atoms with van der Waals surface area (Å²) in [6.07, 6.45) is 7.17. The van der Waals surface area contributed by atoms with E-state index in [4.69, 9.17) is 4.52 Å². The average molecular weight is 289 g/mol. The number of aromatic nitrogens is 4. The van der Waals surface area contributed by atoms with Gasteiger partial charge in [-0.25, -0.2) is 0 Å². The first kappa shape index (κ1) is 14.3. The van der Waals surface area contributed by atoms with Gasteiger partial charge >= 0.3 is 0 Å². The summed E-state index contributed by atoms with van der Waals surface area (Å²) >= 11 is 0. The predicted molar refractivity (Wildman–Crippen MR) is 78.9 cm³/mol. The Morgan fingerprint density at radius 1 is 1.43 bits per heavy atom. The lowest BCUT2D eigenvalue weighted by atomic mass is 10.1. The zero-order chi connectivity index (χ0) is 14.8. The Morgan fingerprint density at radius 3 is 2.90 bits per heavy atom. The first-order valence-electron chi connectivity index (χ1n) is 7.74. The van der Waals surface area contributed by atoms with Crippen LogP contribution in [0.2, 0.25) is 0 Å². The van der Waals surface area contributed by atoms with Gasteiger partial charge < -0.3 is 4.52 Å². The highest BCUT2D eigenvalue weighted by Crippen LogP contribution is 2.30. The molecule has 0 bridgehead atoms. The van der Waals surface area contributed by atoms with Gasteiger partial charge in [0.1, 0.15) is 0 Å². The molecule has 0 amide bonds. The van der Waals surface area contributed by atoms with Gasteiger partial charge in [-0.3, -0.25) is 9.58 Å². The van der Waals surface area contributed by atoms with Crippen LogP contribution in [-0.2, 0) is 6.42 Å². The summed E-state index contributed by atoms with van der Waals surface area (Å²) in [7, 11) is 0. The van der Waals surface area contributed by atoms with Crippen molar-refractivity contribution >= 4 is 0 Å².